The second-order valence-electron chi connectivity index (χ2n) is 23.8. The van der Waals surface area contributed by atoms with Crippen LogP contribution in [0.3, 0.4) is 0 Å². The zero-order valence-corrected chi connectivity index (χ0v) is 50.8. The van der Waals surface area contributed by atoms with Crippen LogP contribution in [0.1, 0.15) is 227 Å². The molecule has 438 valence electrons. The maximum atomic E-state index is 4.99. The first-order valence-corrected chi connectivity index (χ1v) is 32.1. The van der Waals surface area contributed by atoms with Gasteiger partial charge in [-0.15, -0.1) is 13.2 Å². The van der Waals surface area contributed by atoms with Crippen LogP contribution >= 0.6 is 0 Å². The van der Waals surface area contributed by atoms with Crippen molar-refractivity contribution < 1.29 is 0 Å². The summed E-state index contributed by atoms with van der Waals surface area (Å²) in [6.45, 7) is 24.4. The average Bonchev–Trinajstić information content (AvgIpc) is 3.46. The highest BCUT2D eigenvalue weighted by Gasteiger charge is 2.38. The number of anilines is 4. The summed E-state index contributed by atoms with van der Waals surface area (Å²) in [5.41, 5.74) is 1.53. The number of nitrogens with zero attached hydrogens (tertiary/aromatic N) is 6. The first-order chi connectivity index (χ1) is 38.7. The molecule has 0 saturated heterocycles. The summed E-state index contributed by atoms with van der Waals surface area (Å²) >= 11 is 0. The van der Waals surface area contributed by atoms with Gasteiger partial charge in [0, 0.05) is 36.9 Å². The minimum absolute atomic E-state index is 0.0617. The lowest BCUT2D eigenvalue weighted by Crippen LogP contribution is -2.47. The van der Waals surface area contributed by atoms with Gasteiger partial charge in [-0.25, -0.2) is 4.99 Å². The van der Waals surface area contributed by atoms with Gasteiger partial charge in [-0.3, -0.25) is 0 Å². The average molecular weight is 1080 g/mol. The molecule has 0 amide bonds. The van der Waals surface area contributed by atoms with Crippen molar-refractivity contribution in [2.45, 2.75) is 233 Å². The number of aliphatic imine (C=N–C) groups is 2. The number of hydrogen-bond donors (Lipinski definition) is 5. The summed E-state index contributed by atoms with van der Waals surface area (Å²) in [5.74, 6) is 7.39. The molecule has 2 heterocycles. The Kier molecular flexibility index (Phi) is 31.6. The maximum absolute atomic E-state index is 4.99. The van der Waals surface area contributed by atoms with Crippen LogP contribution in [0.2, 0.25) is 0 Å². The molecule has 5 rings (SSSR count). The van der Waals surface area contributed by atoms with E-state index in [0.717, 1.165) is 78.7 Å². The normalized spacial score (nSPS) is 18.8. The van der Waals surface area contributed by atoms with E-state index < -0.39 is 5.54 Å². The van der Waals surface area contributed by atoms with Crippen LogP contribution in [-0.2, 0) is 5.54 Å². The highest BCUT2D eigenvalue weighted by atomic mass is 15.3. The predicted molar refractivity (Wildman–Crippen MR) is 342 cm³/mol. The number of nitrogens with one attached hydrogen (secondary N) is 5. The molecule has 6 atom stereocenters. The molecule has 0 spiro atoms. The Hall–Kier alpha value is -5.03. The Morgan fingerprint density at radius 2 is 1.11 bits per heavy atom. The van der Waals surface area contributed by atoms with Crippen molar-refractivity contribution in [3.8, 4) is 0 Å². The standard InChI is InChI=1S/C68H111N11/c1-9-14-16-30-41-56-49-50-57(42-31-24-20-18-22-26-38-51-69-64-73-62(55(6)40-11-3)74-65(77-64)71-58-43-32-28-33-44-58)61(60(56)47-36-17-15-10-2)48-37-25-21-19-23-27-39-52-70-68(7,8)63-75-66(72-59-45-34-29-35-46-59)78-67(76-63)79(53-12-4)54-13-5/h11-13,28-29,32-35,40,43-46,55-57,60-62,70H,4-5,9-10,14-27,30-31,36-39,41-42,47-54H2,1-3,6-8H3,(H,72,75,76,78)(H3,69,71,73,74,77). The maximum Gasteiger partial charge on any atom is 0.232 e. The minimum Gasteiger partial charge on any atom is -0.354 e. The quantitative estimate of drug-likeness (QED) is 0.0278. The molecule has 1 saturated carbocycles. The topological polar surface area (TPSA) is 127 Å². The van der Waals surface area contributed by atoms with Crippen molar-refractivity contribution in [2.24, 2.45) is 39.6 Å². The van der Waals surface area contributed by atoms with E-state index in [1.165, 1.54) is 167 Å². The van der Waals surface area contributed by atoms with Crippen molar-refractivity contribution in [1.82, 2.24) is 30.9 Å². The number of guanidine groups is 2. The molecule has 1 aromatic heterocycles. The molecule has 3 aromatic rings. The number of para-hydroxylation sites is 2. The highest BCUT2D eigenvalue weighted by molar-refractivity contribution is 6.03. The van der Waals surface area contributed by atoms with Crippen molar-refractivity contribution >= 4 is 35.2 Å². The molecule has 1 fully saturated rings. The minimum atomic E-state index is -0.430. The SMILES string of the molecule is C=CCN(CC=C)c1nc(Nc2ccccc2)nc(C(C)(C)NCCCCCCCCCC2C(CCCCCCCCCNC3=NC(C(C)C=CC)NC(Nc4ccccc4)=N3)CCC(CCCCCC)C2CCCCCC)n1. The molecule has 6 unspecified atom stereocenters. The molecule has 2 aromatic carbocycles. The van der Waals surface area contributed by atoms with Gasteiger partial charge in [0.25, 0.3) is 0 Å². The molecule has 0 bridgehead atoms. The first-order valence-electron chi connectivity index (χ1n) is 32.1. The number of unbranched alkanes of at least 4 members (excludes halogenated alkanes) is 18. The van der Waals surface area contributed by atoms with E-state index >= 15 is 0 Å². The Balaban J connectivity index is 1.04. The van der Waals surface area contributed by atoms with Gasteiger partial charge < -0.3 is 31.5 Å². The van der Waals surface area contributed by atoms with E-state index in [1.807, 2.05) is 60.7 Å². The molecule has 0 radical (unpaired) electrons. The third kappa shape index (κ3) is 24.7. The second kappa shape index (κ2) is 38.6. The number of benzene rings is 2. The highest BCUT2D eigenvalue weighted by Crippen LogP contribution is 2.48. The van der Waals surface area contributed by atoms with Gasteiger partial charge in [0.1, 0.15) is 6.17 Å². The van der Waals surface area contributed by atoms with Crippen molar-refractivity contribution in [3.05, 3.63) is 104 Å². The molecule has 1 aliphatic heterocycles. The van der Waals surface area contributed by atoms with Crippen molar-refractivity contribution in [1.29, 1.82) is 0 Å². The molecule has 11 heteroatoms. The summed E-state index contributed by atoms with van der Waals surface area (Å²) in [7, 11) is 0. The Bertz CT molecular complexity index is 2160. The fraction of sp³-hybridized carbons (Fsp3) is 0.662. The van der Waals surface area contributed by atoms with E-state index in [-0.39, 0.29) is 12.1 Å². The summed E-state index contributed by atoms with van der Waals surface area (Å²) in [5, 5.41) is 17.7. The fourth-order valence-electron chi connectivity index (χ4n) is 12.3. The zero-order valence-electron chi connectivity index (χ0n) is 50.8. The number of allylic oxidation sites excluding steroid dienone is 1. The first kappa shape index (κ1) is 64.8. The van der Waals surface area contributed by atoms with E-state index in [1.54, 1.807) is 0 Å². The Morgan fingerprint density at radius 3 is 1.65 bits per heavy atom. The van der Waals surface area contributed by atoms with Crippen molar-refractivity contribution in [3.63, 3.8) is 0 Å². The summed E-state index contributed by atoms with van der Waals surface area (Å²) < 4.78 is 0. The molecule has 1 aliphatic carbocycles. The lowest BCUT2D eigenvalue weighted by molar-refractivity contribution is 0.0581. The van der Waals surface area contributed by atoms with Crippen molar-refractivity contribution in [2.75, 3.05) is 41.7 Å². The number of hydrogen-bond acceptors (Lipinski definition) is 11. The molecular formula is C68H111N11. The predicted octanol–water partition coefficient (Wildman–Crippen LogP) is 17.6. The smallest absolute Gasteiger partial charge is 0.232 e. The molecule has 2 aliphatic rings. The van der Waals surface area contributed by atoms with Gasteiger partial charge in [0.05, 0.1) is 5.54 Å². The van der Waals surface area contributed by atoms with Gasteiger partial charge in [0.2, 0.25) is 23.8 Å². The van der Waals surface area contributed by atoms with Crippen LogP contribution in [0, 0.1) is 29.6 Å². The van der Waals surface area contributed by atoms with Crippen LogP contribution in [0.25, 0.3) is 0 Å². The van der Waals surface area contributed by atoms with Gasteiger partial charge >= 0.3 is 0 Å². The third-order valence-electron chi connectivity index (χ3n) is 16.8. The molecule has 79 heavy (non-hydrogen) atoms. The van der Waals surface area contributed by atoms with E-state index in [0.29, 0.717) is 25.0 Å². The third-order valence-corrected chi connectivity index (χ3v) is 16.8. The molecule has 5 N–H and O–H groups in total. The zero-order chi connectivity index (χ0) is 56.2. The van der Waals surface area contributed by atoms with Gasteiger partial charge in [-0.05, 0) is 114 Å². The van der Waals surface area contributed by atoms with E-state index in [9.17, 15) is 0 Å². The number of aromatic nitrogens is 3. The Labute approximate surface area is 482 Å². The summed E-state index contributed by atoms with van der Waals surface area (Å²) in [6, 6.07) is 20.3. The van der Waals surface area contributed by atoms with Gasteiger partial charge in [0.15, 0.2) is 5.82 Å². The van der Waals surface area contributed by atoms with Crippen LogP contribution in [0.15, 0.2) is 108 Å². The van der Waals surface area contributed by atoms with Crippen LogP contribution in [-0.4, -0.2) is 59.2 Å². The van der Waals surface area contributed by atoms with Crippen LogP contribution < -0.4 is 31.5 Å². The summed E-state index contributed by atoms with van der Waals surface area (Å²) in [6.07, 6.45) is 46.6. The van der Waals surface area contributed by atoms with Crippen LogP contribution in [0.4, 0.5) is 23.3 Å². The lowest BCUT2D eigenvalue weighted by atomic mass is 9.61. The van der Waals surface area contributed by atoms with E-state index in [4.69, 9.17) is 24.9 Å². The summed E-state index contributed by atoms with van der Waals surface area (Å²) in [4.78, 5) is 26.5. The van der Waals surface area contributed by atoms with Gasteiger partial charge in [-0.1, -0.05) is 223 Å². The monoisotopic (exact) mass is 1080 g/mol. The van der Waals surface area contributed by atoms with Crippen LogP contribution in [0.5, 0.6) is 0 Å². The molecule has 11 nitrogen and oxygen atoms in total. The largest absolute Gasteiger partial charge is 0.354 e. The Morgan fingerprint density at radius 1 is 0.620 bits per heavy atom. The lowest BCUT2D eigenvalue weighted by Gasteiger charge is -2.44. The van der Waals surface area contributed by atoms with E-state index in [2.05, 4.69) is 110 Å². The second-order valence-corrected chi connectivity index (χ2v) is 23.8. The number of rotatable bonds is 42. The van der Waals surface area contributed by atoms with Gasteiger partial charge in [-0.2, -0.15) is 19.9 Å². The molecular weight excluding hydrogens is 971 g/mol. The fourth-order valence-corrected chi connectivity index (χ4v) is 12.3.